The van der Waals surface area contributed by atoms with E-state index in [1.54, 1.807) is 7.11 Å². The summed E-state index contributed by atoms with van der Waals surface area (Å²) >= 11 is 0. The van der Waals surface area contributed by atoms with Gasteiger partial charge in [0.1, 0.15) is 11.5 Å². The molecule has 21 heavy (non-hydrogen) atoms. The molecule has 1 aliphatic heterocycles. The fourth-order valence-electron chi connectivity index (χ4n) is 3.00. The lowest BCUT2D eigenvalue weighted by atomic mass is 9.89. The second-order valence-electron chi connectivity index (χ2n) is 5.64. The first-order valence-electron chi connectivity index (χ1n) is 7.30. The fraction of sp³-hybridized carbons (Fsp3) is 0.333. The zero-order valence-corrected chi connectivity index (χ0v) is 12.5. The Balaban J connectivity index is 1.82. The van der Waals surface area contributed by atoms with Crippen molar-refractivity contribution in [2.24, 2.45) is 5.73 Å². The van der Waals surface area contributed by atoms with Gasteiger partial charge >= 0.3 is 0 Å². The van der Waals surface area contributed by atoms with Crippen LogP contribution in [-0.2, 0) is 6.42 Å². The highest BCUT2D eigenvalue weighted by Crippen LogP contribution is 2.36. The summed E-state index contributed by atoms with van der Waals surface area (Å²) in [6.07, 6.45) is 0.785. The third kappa shape index (κ3) is 2.74. The maximum absolute atomic E-state index is 6.46. The van der Waals surface area contributed by atoms with Gasteiger partial charge < -0.3 is 15.2 Å². The average Bonchev–Trinajstić information content (AvgIpc) is 2.91. The number of fused-ring (bicyclic) bond motifs is 1. The predicted octanol–water partition coefficient (Wildman–Crippen LogP) is 3.05. The quantitative estimate of drug-likeness (QED) is 0.938. The number of aryl methyl sites for hydroxylation is 1. The minimum atomic E-state index is 0.0179. The maximum Gasteiger partial charge on any atom is 0.122 e. The highest BCUT2D eigenvalue weighted by atomic mass is 16.5. The SMILES string of the molecule is COc1ccc(C)cc1CC(N)C1COc2ccccc21. The summed E-state index contributed by atoms with van der Waals surface area (Å²) in [7, 11) is 1.70. The van der Waals surface area contributed by atoms with E-state index in [0.717, 1.165) is 23.5 Å². The van der Waals surface area contributed by atoms with Crippen LogP contribution in [0.1, 0.15) is 22.6 Å². The van der Waals surface area contributed by atoms with Crippen molar-refractivity contribution in [3.8, 4) is 11.5 Å². The minimum absolute atomic E-state index is 0.0179. The van der Waals surface area contributed by atoms with Gasteiger partial charge in [0.2, 0.25) is 0 Å². The summed E-state index contributed by atoms with van der Waals surface area (Å²) in [6.45, 7) is 2.75. The molecular weight excluding hydrogens is 262 g/mol. The molecule has 2 aromatic rings. The zero-order chi connectivity index (χ0) is 14.8. The number of hydrogen-bond acceptors (Lipinski definition) is 3. The highest BCUT2D eigenvalue weighted by Gasteiger charge is 2.29. The van der Waals surface area contributed by atoms with Crippen LogP contribution in [-0.4, -0.2) is 19.8 Å². The molecule has 0 saturated carbocycles. The molecule has 0 fully saturated rings. The molecule has 3 heteroatoms. The lowest BCUT2D eigenvalue weighted by Crippen LogP contribution is -2.31. The van der Waals surface area contributed by atoms with Gasteiger partial charge in [-0.25, -0.2) is 0 Å². The van der Waals surface area contributed by atoms with E-state index in [2.05, 4.69) is 25.1 Å². The van der Waals surface area contributed by atoms with Gasteiger partial charge in [-0.3, -0.25) is 0 Å². The van der Waals surface area contributed by atoms with Crippen molar-refractivity contribution < 1.29 is 9.47 Å². The number of methoxy groups -OCH3 is 1. The highest BCUT2D eigenvalue weighted by molar-refractivity contribution is 5.42. The molecule has 110 valence electrons. The lowest BCUT2D eigenvalue weighted by molar-refractivity contribution is 0.312. The first-order valence-corrected chi connectivity index (χ1v) is 7.30. The van der Waals surface area contributed by atoms with E-state index in [9.17, 15) is 0 Å². The van der Waals surface area contributed by atoms with E-state index in [-0.39, 0.29) is 12.0 Å². The van der Waals surface area contributed by atoms with Crippen molar-refractivity contribution in [2.45, 2.75) is 25.3 Å². The standard InChI is InChI=1S/C18H21NO2/c1-12-7-8-17(20-2)13(9-12)10-16(19)15-11-21-18-6-4-3-5-14(15)18/h3-9,15-16H,10-11,19H2,1-2H3. The Bertz CT molecular complexity index is 639. The predicted molar refractivity (Wildman–Crippen MR) is 84.1 cm³/mol. The molecule has 1 heterocycles. The molecule has 3 rings (SSSR count). The number of hydrogen-bond donors (Lipinski definition) is 1. The third-order valence-electron chi connectivity index (χ3n) is 4.15. The van der Waals surface area contributed by atoms with Crippen LogP contribution in [0.25, 0.3) is 0 Å². The Labute approximate surface area is 125 Å². The molecule has 2 atom stereocenters. The summed E-state index contributed by atoms with van der Waals surface area (Å²) in [5.74, 6) is 2.11. The molecule has 0 radical (unpaired) electrons. The van der Waals surface area contributed by atoms with E-state index < -0.39 is 0 Å². The Kier molecular flexibility index (Phi) is 3.84. The van der Waals surface area contributed by atoms with E-state index in [1.807, 2.05) is 24.3 Å². The first kappa shape index (κ1) is 14.0. The van der Waals surface area contributed by atoms with Gasteiger partial charge in [-0.05, 0) is 31.0 Å². The van der Waals surface area contributed by atoms with Crippen molar-refractivity contribution in [2.75, 3.05) is 13.7 Å². The second-order valence-corrected chi connectivity index (χ2v) is 5.64. The summed E-state index contributed by atoms with van der Waals surface area (Å²) in [5, 5.41) is 0. The van der Waals surface area contributed by atoms with Crippen molar-refractivity contribution in [1.29, 1.82) is 0 Å². The van der Waals surface area contributed by atoms with Crippen molar-refractivity contribution >= 4 is 0 Å². The molecule has 0 aromatic heterocycles. The first-order chi connectivity index (χ1) is 10.2. The molecule has 0 amide bonds. The van der Waals surface area contributed by atoms with Crippen molar-refractivity contribution in [3.05, 3.63) is 59.2 Å². The van der Waals surface area contributed by atoms with Gasteiger partial charge in [-0.1, -0.05) is 35.9 Å². The van der Waals surface area contributed by atoms with Gasteiger partial charge in [-0.15, -0.1) is 0 Å². The van der Waals surface area contributed by atoms with E-state index in [1.165, 1.54) is 11.1 Å². The maximum atomic E-state index is 6.46. The van der Waals surface area contributed by atoms with Crippen molar-refractivity contribution in [1.82, 2.24) is 0 Å². The zero-order valence-electron chi connectivity index (χ0n) is 12.5. The largest absolute Gasteiger partial charge is 0.496 e. The van der Waals surface area contributed by atoms with Gasteiger partial charge in [0.25, 0.3) is 0 Å². The minimum Gasteiger partial charge on any atom is -0.496 e. The second kappa shape index (κ2) is 5.78. The van der Waals surface area contributed by atoms with Gasteiger partial charge in [0.15, 0.2) is 0 Å². The van der Waals surface area contributed by atoms with Crippen LogP contribution < -0.4 is 15.2 Å². The molecule has 0 spiro atoms. The van der Waals surface area contributed by atoms with E-state index >= 15 is 0 Å². The summed E-state index contributed by atoms with van der Waals surface area (Å²) in [4.78, 5) is 0. The van der Waals surface area contributed by atoms with Gasteiger partial charge in [0.05, 0.1) is 13.7 Å². The Hall–Kier alpha value is -2.00. The molecule has 1 aliphatic rings. The fourth-order valence-corrected chi connectivity index (χ4v) is 3.00. The van der Waals surface area contributed by atoms with E-state index in [4.69, 9.17) is 15.2 Å². The Morgan fingerprint density at radius 1 is 1.29 bits per heavy atom. The van der Waals surface area contributed by atoms with Crippen LogP contribution in [0, 0.1) is 6.92 Å². The molecule has 2 aromatic carbocycles. The molecule has 0 aliphatic carbocycles. The van der Waals surface area contributed by atoms with Crippen LogP contribution in [0.2, 0.25) is 0 Å². The van der Waals surface area contributed by atoms with Gasteiger partial charge in [0, 0.05) is 17.5 Å². The topological polar surface area (TPSA) is 44.5 Å². The molecule has 2 unspecified atom stereocenters. The number of nitrogens with two attached hydrogens (primary N) is 1. The van der Waals surface area contributed by atoms with E-state index in [0.29, 0.717) is 6.61 Å². The summed E-state index contributed by atoms with van der Waals surface area (Å²) < 4.78 is 11.2. The smallest absolute Gasteiger partial charge is 0.122 e. The normalized spacial score (nSPS) is 18.0. The molecule has 0 bridgehead atoms. The molecule has 0 saturated heterocycles. The number of para-hydroxylation sites is 1. The van der Waals surface area contributed by atoms with Crippen LogP contribution in [0.3, 0.4) is 0 Å². The number of rotatable bonds is 4. The van der Waals surface area contributed by atoms with Crippen LogP contribution >= 0.6 is 0 Å². The van der Waals surface area contributed by atoms with Crippen LogP contribution in [0.4, 0.5) is 0 Å². The summed E-state index contributed by atoms with van der Waals surface area (Å²) in [5.41, 5.74) is 10.1. The Morgan fingerprint density at radius 2 is 2.10 bits per heavy atom. The van der Waals surface area contributed by atoms with Crippen LogP contribution in [0.5, 0.6) is 11.5 Å². The van der Waals surface area contributed by atoms with Crippen LogP contribution in [0.15, 0.2) is 42.5 Å². The number of ether oxygens (including phenoxy) is 2. The average molecular weight is 283 g/mol. The Morgan fingerprint density at radius 3 is 2.90 bits per heavy atom. The molecular formula is C18H21NO2. The number of benzene rings is 2. The molecule has 2 N–H and O–H groups in total. The summed E-state index contributed by atoms with van der Waals surface area (Å²) in [6, 6.07) is 14.4. The lowest BCUT2D eigenvalue weighted by Gasteiger charge is -2.20. The van der Waals surface area contributed by atoms with Crippen molar-refractivity contribution in [3.63, 3.8) is 0 Å². The monoisotopic (exact) mass is 283 g/mol. The third-order valence-corrected chi connectivity index (χ3v) is 4.15. The van der Waals surface area contributed by atoms with Gasteiger partial charge in [-0.2, -0.15) is 0 Å². The molecule has 3 nitrogen and oxygen atoms in total.